The lowest BCUT2D eigenvalue weighted by atomic mass is 10.1. The number of aliphatic hydroxyl groups is 2. The number of anilines is 1. The average molecular weight is 976 g/mol. The number of unbranched alkanes of at least 4 members (excludes halogenated alkanes) is 17. The van der Waals surface area contributed by atoms with Gasteiger partial charge >= 0.3 is 33.3 Å². The number of nitrogens with two attached hydrogens (primary N) is 1. The van der Waals surface area contributed by atoms with Crippen LogP contribution in [-0.2, 0) is 46.3 Å². The highest BCUT2D eigenvalue weighted by Crippen LogP contribution is 2.60. The highest BCUT2D eigenvalue weighted by Gasteiger charge is 2.46. The maximum absolute atomic E-state index is 12.8. The molecule has 6 N–H and O–H groups in total. The van der Waals surface area contributed by atoms with Crippen LogP contribution in [0.4, 0.5) is 5.82 Å². The Labute approximate surface area is 391 Å². The van der Waals surface area contributed by atoms with Gasteiger partial charge in [0, 0.05) is 19.0 Å². The van der Waals surface area contributed by atoms with E-state index in [1.807, 2.05) is 0 Å². The summed E-state index contributed by atoms with van der Waals surface area (Å²) >= 11 is 0. The standard InChI is InChI=1S/C46H79N3O15P2/c1-3-5-7-9-11-13-15-17-18-20-21-23-25-27-29-31-41(50)59-35-38(62-42(51)32-30-28-26-24-22-19-16-14-12-10-8-6-4-2)36-60-65(55,56)64-66(57,58)61-37-39-43(52)44(53)45(63-39)49-34-33-40(47)48-46(49)54/h11,13-14,16-18,33-34,38-39,43-45,52-53H,3-10,12,15,19-32,35-37H2,1-2H3,(H,55,56)(H,57,58)(H2,47,48,54)/b13-11-,16-14-,18-17-/t38-,39-,43+,44?,45-/m1/s1. The molecule has 18 nitrogen and oxygen atoms in total. The highest BCUT2D eigenvalue weighted by atomic mass is 31.3. The molecule has 1 fully saturated rings. The zero-order chi connectivity index (χ0) is 48.5. The second-order valence-electron chi connectivity index (χ2n) is 16.6. The molecule has 66 heavy (non-hydrogen) atoms. The first kappa shape index (κ1) is 59.1. The fraction of sp³-hybridized carbons (Fsp3) is 0.739. The van der Waals surface area contributed by atoms with Crippen LogP contribution in [0, 0.1) is 0 Å². The van der Waals surface area contributed by atoms with E-state index in [9.17, 15) is 43.5 Å². The Morgan fingerprint density at radius 2 is 1.23 bits per heavy atom. The number of carbonyl (C=O) groups is 2. The van der Waals surface area contributed by atoms with Gasteiger partial charge in [-0.1, -0.05) is 121 Å². The van der Waals surface area contributed by atoms with Crippen LogP contribution in [-0.4, -0.2) is 85.7 Å². The number of rotatable bonds is 39. The van der Waals surface area contributed by atoms with Gasteiger partial charge in [-0.3, -0.25) is 23.2 Å². The van der Waals surface area contributed by atoms with Crippen LogP contribution in [0.25, 0.3) is 0 Å². The molecule has 0 radical (unpaired) electrons. The Bertz CT molecular complexity index is 1740. The van der Waals surface area contributed by atoms with Gasteiger partial charge in [-0.05, 0) is 76.7 Å². The number of allylic oxidation sites excluding steroid dienone is 6. The van der Waals surface area contributed by atoms with E-state index in [1.165, 1.54) is 51.0 Å². The predicted octanol–water partition coefficient (Wildman–Crippen LogP) is 9.22. The van der Waals surface area contributed by atoms with Crippen molar-refractivity contribution in [1.29, 1.82) is 0 Å². The number of nitrogens with zero attached hydrogens (tertiary/aromatic N) is 2. The molecule has 1 aliphatic heterocycles. The minimum atomic E-state index is -5.42. The number of carbonyl (C=O) groups excluding carboxylic acids is 2. The molecule has 3 unspecified atom stereocenters. The van der Waals surface area contributed by atoms with Crippen molar-refractivity contribution in [2.45, 2.75) is 199 Å². The maximum atomic E-state index is 12.8. The quantitative estimate of drug-likeness (QED) is 0.0178. The number of aromatic nitrogens is 2. The molecular formula is C46H79N3O15P2. The lowest BCUT2D eigenvalue weighted by Gasteiger charge is -2.21. The largest absolute Gasteiger partial charge is 0.481 e. The second kappa shape index (κ2) is 35.1. The molecule has 0 aliphatic carbocycles. The molecule has 0 spiro atoms. The van der Waals surface area contributed by atoms with Crippen LogP contribution in [0.15, 0.2) is 53.5 Å². The third-order valence-electron chi connectivity index (χ3n) is 10.7. The molecule has 2 heterocycles. The van der Waals surface area contributed by atoms with Crippen LogP contribution in [0.1, 0.15) is 174 Å². The van der Waals surface area contributed by atoms with Crippen LogP contribution in [0.3, 0.4) is 0 Å². The van der Waals surface area contributed by atoms with E-state index in [0.29, 0.717) is 12.8 Å². The van der Waals surface area contributed by atoms with Crippen molar-refractivity contribution in [2.75, 3.05) is 25.6 Å². The van der Waals surface area contributed by atoms with E-state index in [4.69, 9.17) is 29.0 Å². The monoisotopic (exact) mass is 975 g/mol. The summed E-state index contributed by atoms with van der Waals surface area (Å²) in [5, 5.41) is 20.9. The van der Waals surface area contributed by atoms with Gasteiger partial charge in [-0.25, -0.2) is 13.9 Å². The van der Waals surface area contributed by atoms with Crippen LogP contribution in [0.2, 0.25) is 0 Å². The molecular weight excluding hydrogens is 896 g/mol. The molecule has 0 saturated carbocycles. The summed E-state index contributed by atoms with van der Waals surface area (Å²) in [5.41, 5.74) is 4.58. The van der Waals surface area contributed by atoms with Crippen molar-refractivity contribution in [1.82, 2.24) is 9.55 Å². The third-order valence-corrected chi connectivity index (χ3v) is 13.3. The Hall–Kier alpha value is -3.02. The van der Waals surface area contributed by atoms with E-state index in [2.05, 4.69) is 59.6 Å². The second-order valence-corrected chi connectivity index (χ2v) is 19.6. The number of hydrogen-bond donors (Lipinski definition) is 5. The number of aliphatic hydroxyl groups excluding tert-OH is 2. The molecule has 20 heteroatoms. The Morgan fingerprint density at radius 1 is 0.727 bits per heavy atom. The summed E-state index contributed by atoms with van der Waals surface area (Å²) in [4.78, 5) is 61.7. The number of nitrogen functional groups attached to an aromatic ring is 1. The minimum absolute atomic E-state index is 0.0369. The first-order valence-electron chi connectivity index (χ1n) is 24.0. The predicted molar refractivity (Wildman–Crippen MR) is 252 cm³/mol. The fourth-order valence-electron chi connectivity index (χ4n) is 6.93. The van der Waals surface area contributed by atoms with Crippen molar-refractivity contribution < 1.29 is 66.3 Å². The maximum Gasteiger partial charge on any atom is 0.481 e. The molecule has 2 rings (SSSR count). The smallest absolute Gasteiger partial charge is 0.462 e. The molecule has 1 aromatic rings. The summed E-state index contributed by atoms with van der Waals surface area (Å²) in [6.07, 6.45) is 29.4. The van der Waals surface area contributed by atoms with Gasteiger partial charge in [0.25, 0.3) is 0 Å². The first-order chi connectivity index (χ1) is 31.7. The van der Waals surface area contributed by atoms with Crippen molar-refractivity contribution in [3.8, 4) is 0 Å². The van der Waals surface area contributed by atoms with E-state index in [0.717, 1.165) is 94.2 Å². The summed E-state index contributed by atoms with van der Waals surface area (Å²) < 4.78 is 56.6. The van der Waals surface area contributed by atoms with E-state index < -0.39 is 83.7 Å². The number of hydrogen-bond acceptors (Lipinski definition) is 15. The number of phosphoric acid groups is 2. The lowest BCUT2D eigenvalue weighted by molar-refractivity contribution is -0.161. The molecule has 0 bridgehead atoms. The number of phosphoric ester groups is 2. The van der Waals surface area contributed by atoms with Gasteiger partial charge in [-0.15, -0.1) is 0 Å². The van der Waals surface area contributed by atoms with Gasteiger partial charge in [0.05, 0.1) is 13.2 Å². The molecule has 0 aromatic carbocycles. The van der Waals surface area contributed by atoms with Crippen molar-refractivity contribution >= 4 is 33.4 Å². The molecule has 1 saturated heterocycles. The topological polar surface area (TPSA) is 265 Å². The van der Waals surface area contributed by atoms with Gasteiger partial charge in [0.2, 0.25) is 0 Å². The molecule has 378 valence electrons. The van der Waals surface area contributed by atoms with Crippen LogP contribution >= 0.6 is 15.6 Å². The van der Waals surface area contributed by atoms with Crippen LogP contribution < -0.4 is 11.4 Å². The number of esters is 2. The Kier molecular flexibility index (Phi) is 31.5. The normalized spacial score (nSPS) is 20.0. The van der Waals surface area contributed by atoms with Gasteiger partial charge in [0.1, 0.15) is 30.7 Å². The lowest BCUT2D eigenvalue weighted by Crippen LogP contribution is -2.36. The Morgan fingerprint density at radius 3 is 1.82 bits per heavy atom. The summed E-state index contributed by atoms with van der Waals surface area (Å²) in [7, 11) is -10.8. The zero-order valence-corrected chi connectivity index (χ0v) is 41.0. The fourth-order valence-corrected chi connectivity index (χ4v) is 9.04. The van der Waals surface area contributed by atoms with Gasteiger partial charge in [0.15, 0.2) is 12.3 Å². The summed E-state index contributed by atoms with van der Waals surface area (Å²) in [5.74, 6) is -1.32. The first-order valence-corrected chi connectivity index (χ1v) is 27.0. The number of ether oxygens (including phenoxy) is 3. The van der Waals surface area contributed by atoms with Crippen LogP contribution in [0.5, 0.6) is 0 Å². The third kappa shape index (κ3) is 27.7. The zero-order valence-electron chi connectivity index (χ0n) is 39.2. The van der Waals surface area contributed by atoms with E-state index >= 15 is 0 Å². The van der Waals surface area contributed by atoms with Gasteiger partial charge < -0.3 is 39.9 Å². The highest BCUT2D eigenvalue weighted by molar-refractivity contribution is 7.61. The molecule has 7 atom stereocenters. The summed E-state index contributed by atoms with van der Waals surface area (Å²) in [6.45, 7) is 2.08. The van der Waals surface area contributed by atoms with E-state index in [-0.39, 0.29) is 18.7 Å². The summed E-state index contributed by atoms with van der Waals surface area (Å²) in [6, 6.07) is 1.25. The average Bonchev–Trinajstić information content (AvgIpc) is 3.55. The van der Waals surface area contributed by atoms with Crippen molar-refractivity contribution in [3.05, 3.63) is 59.2 Å². The van der Waals surface area contributed by atoms with Crippen molar-refractivity contribution in [2.24, 2.45) is 0 Å². The van der Waals surface area contributed by atoms with Crippen molar-refractivity contribution in [3.63, 3.8) is 0 Å². The molecule has 1 aromatic heterocycles. The van der Waals surface area contributed by atoms with Gasteiger partial charge in [-0.2, -0.15) is 9.29 Å². The van der Waals surface area contributed by atoms with E-state index in [1.54, 1.807) is 0 Å². The molecule has 0 amide bonds. The Balaban J connectivity index is 1.83. The minimum Gasteiger partial charge on any atom is -0.462 e. The SMILES string of the molecule is CCCCC/C=C\C/C=C\CCCCCCCC(=O)OC[C@H](COP(=O)(O)OP(=O)(O)OC[C@H]1O[C@@H](n2ccc(N)nc2=O)C(O)[C@H]1O)OC(=O)CCCCCCC/C=C\CCCCCC. The molecule has 1 aliphatic rings.